The molecule has 4 nitrogen and oxygen atoms in total. The molecule has 0 amide bonds. The minimum absolute atomic E-state index is 0.612. The van der Waals surface area contributed by atoms with Crippen LogP contribution in [0.2, 0.25) is 0 Å². The molecule has 0 radical (unpaired) electrons. The summed E-state index contributed by atoms with van der Waals surface area (Å²) >= 11 is 0. The Morgan fingerprint density at radius 1 is 1.17 bits per heavy atom. The Labute approximate surface area is 144 Å². The van der Waals surface area contributed by atoms with Crippen molar-refractivity contribution in [3.05, 3.63) is 59.9 Å². The highest BCUT2D eigenvalue weighted by atomic mass is 16.5. The Bertz CT molecular complexity index is 595. The van der Waals surface area contributed by atoms with Crippen LogP contribution in [0.1, 0.15) is 24.1 Å². The number of benzene rings is 1. The van der Waals surface area contributed by atoms with E-state index in [2.05, 4.69) is 34.1 Å². The lowest BCUT2D eigenvalue weighted by molar-refractivity contribution is 0.0357. The lowest BCUT2D eigenvalue weighted by Crippen LogP contribution is -2.33. The number of rotatable bonds is 7. The van der Waals surface area contributed by atoms with E-state index in [1.165, 1.54) is 18.4 Å². The molecule has 1 aliphatic rings. The van der Waals surface area contributed by atoms with E-state index in [9.17, 15) is 0 Å². The largest absolute Gasteiger partial charge is 0.497 e. The van der Waals surface area contributed by atoms with Crippen molar-refractivity contribution in [2.45, 2.75) is 25.9 Å². The Kier molecular flexibility index (Phi) is 6.21. The van der Waals surface area contributed by atoms with Gasteiger partial charge in [-0.15, -0.1) is 0 Å². The number of methoxy groups -OCH3 is 1. The van der Waals surface area contributed by atoms with Crippen LogP contribution < -0.4 is 4.74 Å². The topological polar surface area (TPSA) is 34.6 Å². The fraction of sp³-hybridized carbons (Fsp3) is 0.450. The van der Waals surface area contributed by atoms with Gasteiger partial charge in [0.15, 0.2) is 0 Å². The average molecular weight is 326 g/mol. The normalized spacial score (nSPS) is 17.8. The quantitative estimate of drug-likeness (QED) is 0.780. The van der Waals surface area contributed by atoms with Crippen molar-refractivity contribution in [2.24, 2.45) is 5.92 Å². The smallest absolute Gasteiger partial charge is 0.118 e. The molecule has 1 saturated heterocycles. The van der Waals surface area contributed by atoms with Crippen LogP contribution >= 0.6 is 0 Å². The highest BCUT2D eigenvalue weighted by Gasteiger charge is 2.18. The number of hydrogen-bond acceptors (Lipinski definition) is 4. The van der Waals surface area contributed by atoms with Crippen LogP contribution in [0.15, 0.2) is 48.7 Å². The molecule has 1 unspecified atom stereocenters. The summed E-state index contributed by atoms with van der Waals surface area (Å²) in [5.41, 5.74) is 2.41. The first-order valence-electron chi connectivity index (χ1n) is 8.66. The van der Waals surface area contributed by atoms with Gasteiger partial charge in [0.2, 0.25) is 0 Å². The molecule has 0 aliphatic carbocycles. The van der Waals surface area contributed by atoms with Gasteiger partial charge in [-0.1, -0.05) is 18.2 Å². The first kappa shape index (κ1) is 16.9. The minimum atomic E-state index is 0.612. The Hall–Kier alpha value is -1.91. The van der Waals surface area contributed by atoms with Crippen molar-refractivity contribution in [3.63, 3.8) is 0 Å². The zero-order chi connectivity index (χ0) is 16.6. The molecular weight excluding hydrogens is 300 g/mol. The molecule has 24 heavy (non-hydrogen) atoms. The molecule has 1 aromatic carbocycles. The summed E-state index contributed by atoms with van der Waals surface area (Å²) in [5.74, 6) is 1.51. The Morgan fingerprint density at radius 3 is 2.71 bits per heavy atom. The van der Waals surface area contributed by atoms with Gasteiger partial charge in [-0.2, -0.15) is 0 Å². The average Bonchev–Trinajstić information content (AvgIpc) is 2.64. The highest BCUT2D eigenvalue weighted by molar-refractivity contribution is 5.27. The van der Waals surface area contributed by atoms with Gasteiger partial charge in [-0.3, -0.25) is 9.88 Å². The molecule has 1 fully saturated rings. The molecule has 128 valence electrons. The van der Waals surface area contributed by atoms with E-state index in [4.69, 9.17) is 9.47 Å². The first-order chi connectivity index (χ1) is 11.8. The van der Waals surface area contributed by atoms with E-state index in [-0.39, 0.29) is 0 Å². The second kappa shape index (κ2) is 8.81. The molecule has 4 heteroatoms. The third kappa shape index (κ3) is 5.05. The lowest BCUT2D eigenvalue weighted by atomic mass is 10.0. The fourth-order valence-electron chi connectivity index (χ4n) is 3.21. The number of nitrogens with zero attached hydrogens (tertiary/aromatic N) is 2. The van der Waals surface area contributed by atoms with Gasteiger partial charge in [0.1, 0.15) is 5.75 Å². The number of pyridine rings is 1. The molecule has 1 aliphatic heterocycles. The van der Waals surface area contributed by atoms with Gasteiger partial charge in [-0.05, 0) is 48.6 Å². The van der Waals surface area contributed by atoms with Gasteiger partial charge in [-0.25, -0.2) is 0 Å². The molecular formula is C20H26N2O2. The van der Waals surface area contributed by atoms with Crippen LogP contribution in [0.4, 0.5) is 0 Å². The van der Waals surface area contributed by atoms with E-state index >= 15 is 0 Å². The van der Waals surface area contributed by atoms with Crippen LogP contribution in [0.3, 0.4) is 0 Å². The molecule has 0 N–H and O–H groups in total. The number of ether oxygens (including phenoxy) is 2. The monoisotopic (exact) mass is 326 g/mol. The third-order valence-corrected chi connectivity index (χ3v) is 4.45. The maximum atomic E-state index is 5.65. The summed E-state index contributed by atoms with van der Waals surface area (Å²) < 4.78 is 10.9. The Morgan fingerprint density at radius 2 is 2.04 bits per heavy atom. The summed E-state index contributed by atoms with van der Waals surface area (Å²) in [6.45, 7) is 4.61. The molecule has 1 atom stereocenters. The maximum absolute atomic E-state index is 5.65. The SMILES string of the molecule is COc1ccc(CN(Cc2ccccn2)CC2CCCOC2)cc1. The van der Waals surface area contributed by atoms with Crippen molar-refractivity contribution in [1.82, 2.24) is 9.88 Å². The van der Waals surface area contributed by atoms with E-state index in [1.54, 1.807) is 7.11 Å². The minimum Gasteiger partial charge on any atom is -0.497 e. The van der Waals surface area contributed by atoms with E-state index in [0.717, 1.165) is 44.3 Å². The van der Waals surface area contributed by atoms with Gasteiger partial charge >= 0.3 is 0 Å². The fourth-order valence-corrected chi connectivity index (χ4v) is 3.21. The molecule has 0 saturated carbocycles. The summed E-state index contributed by atoms with van der Waals surface area (Å²) in [6, 6.07) is 14.4. The molecule has 1 aromatic heterocycles. The van der Waals surface area contributed by atoms with Gasteiger partial charge in [0.25, 0.3) is 0 Å². The van der Waals surface area contributed by atoms with Crippen LogP contribution in [0.25, 0.3) is 0 Å². The number of hydrogen-bond donors (Lipinski definition) is 0. The highest BCUT2D eigenvalue weighted by Crippen LogP contribution is 2.19. The third-order valence-electron chi connectivity index (χ3n) is 4.45. The van der Waals surface area contributed by atoms with Crippen LogP contribution in [-0.2, 0) is 17.8 Å². The van der Waals surface area contributed by atoms with E-state index in [1.807, 2.05) is 24.4 Å². The van der Waals surface area contributed by atoms with Gasteiger partial charge < -0.3 is 9.47 Å². The predicted molar refractivity (Wildman–Crippen MR) is 94.9 cm³/mol. The molecule has 0 bridgehead atoms. The summed E-state index contributed by atoms with van der Waals surface area (Å²) in [5, 5.41) is 0. The molecule has 3 rings (SSSR count). The first-order valence-corrected chi connectivity index (χ1v) is 8.66. The lowest BCUT2D eigenvalue weighted by Gasteiger charge is -2.29. The molecule has 2 aromatic rings. The summed E-state index contributed by atoms with van der Waals surface area (Å²) in [7, 11) is 1.70. The van der Waals surface area contributed by atoms with Crippen LogP contribution in [0.5, 0.6) is 5.75 Å². The summed E-state index contributed by atoms with van der Waals surface area (Å²) in [6.07, 6.45) is 4.29. The van der Waals surface area contributed by atoms with Crippen molar-refractivity contribution in [3.8, 4) is 5.75 Å². The second-order valence-electron chi connectivity index (χ2n) is 6.42. The van der Waals surface area contributed by atoms with Crippen LogP contribution in [0, 0.1) is 5.92 Å². The van der Waals surface area contributed by atoms with Crippen molar-refractivity contribution in [1.29, 1.82) is 0 Å². The Balaban J connectivity index is 1.67. The maximum Gasteiger partial charge on any atom is 0.118 e. The van der Waals surface area contributed by atoms with Crippen molar-refractivity contribution < 1.29 is 9.47 Å². The van der Waals surface area contributed by atoms with Crippen molar-refractivity contribution in [2.75, 3.05) is 26.9 Å². The number of aromatic nitrogens is 1. The predicted octanol–water partition coefficient (Wildman–Crippen LogP) is 3.52. The van der Waals surface area contributed by atoms with E-state index in [0.29, 0.717) is 5.92 Å². The van der Waals surface area contributed by atoms with Gasteiger partial charge in [0.05, 0.1) is 19.4 Å². The van der Waals surface area contributed by atoms with Gasteiger partial charge in [0, 0.05) is 32.4 Å². The molecule has 0 spiro atoms. The zero-order valence-corrected chi connectivity index (χ0v) is 14.4. The summed E-state index contributed by atoms with van der Waals surface area (Å²) in [4.78, 5) is 6.96. The van der Waals surface area contributed by atoms with Crippen LogP contribution in [-0.4, -0.2) is 36.8 Å². The standard InChI is InChI=1S/C20H26N2O2/c1-23-20-9-7-17(8-10-20)13-22(14-18-5-4-12-24-16-18)15-19-6-2-3-11-21-19/h2-3,6-11,18H,4-5,12-16H2,1H3. The zero-order valence-electron chi connectivity index (χ0n) is 14.4. The second-order valence-corrected chi connectivity index (χ2v) is 6.42. The molecule has 2 heterocycles. The van der Waals surface area contributed by atoms with E-state index < -0.39 is 0 Å². The van der Waals surface area contributed by atoms with Crippen molar-refractivity contribution >= 4 is 0 Å².